The predicted octanol–water partition coefficient (Wildman–Crippen LogP) is 4.45. The van der Waals surface area contributed by atoms with Crippen LogP contribution in [0.4, 0.5) is 15.8 Å². The molecule has 0 aliphatic rings. The summed E-state index contributed by atoms with van der Waals surface area (Å²) in [6, 6.07) is 9.24. The minimum Gasteiger partial charge on any atom is -0.491 e. The molecule has 0 aliphatic heterocycles. The van der Waals surface area contributed by atoms with Gasteiger partial charge in [-0.15, -0.1) is 0 Å². The second-order valence-electron chi connectivity index (χ2n) is 6.76. The summed E-state index contributed by atoms with van der Waals surface area (Å²) in [6.07, 6.45) is 1.20. The van der Waals surface area contributed by atoms with Crippen LogP contribution in [0.15, 0.2) is 42.5 Å². The summed E-state index contributed by atoms with van der Waals surface area (Å²) in [6.45, 7) is 5.50. The van der Waals surface area contributed by atoms with Gasteiger partial charge in [0.15, 0.2) is 0 Å². The molecule has 0 bridgehead atoms. The molecule has 0 fully saturated rings. The molecule has 2 rings (SSSR count). The van der Waals surface area contributed by atoms with E-state index >= 15 is 0 Å². The Morgan fingerprint density at radius 1 is 1.21 bits per heavy atom. The number of nitrogens with one attached hydrogen (secondary N) is 1. The summed E-state index contributed by atoms with van der Waals surface area (Å²) >= 11 is 5.81. The maximum Gasteiger partial charge on any atom is 0.248 e. The van der Waals surface area contributed by atoms with E-state index in [1.807, 2.05) is 13.8 Å². The first-order valence-electron chi connectivity index (χ1n) is 9.05. The van der Waals surface area contributed by atoms with Crippen LogP contribution in [0, 0.1) is 5.82 Å². The predicted molar refractivity (Wildman–Crippen MR) is 114 cm³/mol. The molecular weight excluding hydrogens is 419 g/mol. The highest BCUT2D eigenvalue weighted by Crippen LogP contribution is 2.28. The van der Waals surface area contributed by atoms with E-state index in [9.17, 15) is 17.6 Å². The second kappa shape index (κ2) is 9.45. The average Bonchev–Trinajstić information content (AvgIpc) is 2.62. The van der Waals surface area contributed by atoms with E-state index in [0.29, 0.717) is 11.4 Å². The van der Waals surface area contributed by atoms with Crippen LogP contribution < -0.4 is 14.4 Å². The molecule has 0 saturated heterocycles. The van der Waals surface area contributed by atoms with Gasteiger partial charge in [-0.25, -0.2) is 12.8 Å². The second-order valence-corrected chi connectivity index (χ2v) is 9.03. The summed E-state index contributed by atoms with van der Waals surface area (Å²) in [7, 11) is -3.84. The SMILES string of the molecule is CC[C@H](C(=O)Nc1ccc(OC(C)C)cc1)N(c1ccc(F)c(Cl)c1)S(C)(=O)=O. The highest BCUT2D eigenvalue weighted by Gasteiger charge is 2.32. The standard InChI is InChI=1S/C20H24ClFN2O4S/c1-5-19(20(25)23-14-6-9-16(10-7-14)28-13(2)3)24(29(4,26)27)15-8-11-18(22)17(21)12-15/h6-13,19H,5H2,1-4H3,(H,23,25)/t19-/m1/s1. The molecule has 0 spiro atoms. The lowest BCUT2D eigenvalue weighted by Gasteiger charge is -2.30. The smallest absolute Gasteiger partial charge is 0.248 e. The Hall–Kier alpha value is -2.32. The molecule has 0 unspecified atom stereocenters. The van der Waals surface area contributed by atoms with Crippen molar-refractivity contribution in [3.05, 3.63) is 53.3 Å². The number of benzene rings is 2. The highest BCUT2D eigenvalue weighted by atomic mass is 35.5. The van der Waals surface area contributed by atoms with Crippen molar-refractivity contribution in [2.45, 2.75) is 39.3 Å². The van der Waals surface area contributed by atoms with Gasteiger partial charge in [-0.1, -0.05) is 18.5 Å². The van der Waals surface area contributed by atoms with E-state index in [1.54, 1.807) is 31.2 Å². The molecule has 1 atom stereocenters. The molecule has 1 amide bonds. The first-order valence-corrected chi connectivity index (χ1v) is 11.3. The van der Waals surface area contributed by atoms with Crippen molar-refractivity contribution in [2.75, 3.05) is 15.9 Å². The third-order valence-corrected chi connectivity index (χ3v) is 5.45. The summed E-state index contributed by atoms with van der Waals surface area (Å²) in [5.74, 6) is -0.537. The Morgan fingerprint density at radius 2 is 1.83 bits per heavy atom. The number of ether oxygens (including phenoxy) is 1. The van der Waals surface area contributed by atoms with E-state index in [-0.39, 0.29) is 23.2 Å². The first kappa shape index (κ1) is 23.0. The fourth-order valence-corrected chi connectivity index (χ4v) is 4.18. The topological polar surface area (TPSA) is 75.7 Å². The molecule has 0 heterocycles. The van der Waals surface area contributed by atoms with Crippen molar-refractivity contribution in [2.24, 2.45) is 0 Å². The molecule has 2 aromatic rings. The molecule has 2 aromatic carbocycles. The number of sulfonamides is 1. The van der Waals surface area contributed by atoms with E-state index in [1.165, 1.54) is 12.1 Å². The number of carbonyl (C=O) groups excluding carboxylic acids is 1. The van der Waals surface area contributed by atoms with Crippen LogP contribution in [0.5, 0.6) is 5.75 Å². The van der Waals surface area contributed by atoms with Crippen molar-refractivity contribution in [1.82, 2.24) is 0 Å². The van der Waals surface area contributed by atoms with Crippen molar-refractivity contribution in [3.8, 4) is 5.75 Å². The zero-order chi connectivity index (χ0) is 21.8. The van der Waals surface area contributed by atoms with Crippen LogP contribution in [0.3, 0.4) is 0 Å². The van der Waals surface area contributed by atoms with Crippen LogP contribution in [0.1, 0.15) is 27.2 Å². The molecule has 0 aromatic heterocycles. The van der Waals surface area contributed by atoms with Gasteiger partial charge >= 0.3 is 0 Å². The van der Waals surface area contributed by atoms with Crippen molar-refractivity contribution in [3.63, 3.8) is 0 Å². The Labute approximate surface area is 175 Å². The molecule has 1 N–H and O–H groups in total. The van der Waals surface area contributed by atoms with E-state index in [4.69, 9.17) is 16.3 Å². The number of rotatable bonds is 8. The third kappa shape index (κ3) is 6.08. The summed E-state index contributed by atoms with van der Waals surface area (Å²) in [5.41, 5.74) is 0.608. The number of hydrogen-bond acceptors (Lipinski definition) is 4. The largest absolute Gasteiger partial charge is 0.491 e. The lowest BCUT2D eigenvalue weighted by molar-refractivity contribution is -0.117. The summed E-state index contributed by atoms with van der Waals surface area (Å²) < 4.78 is 44.9. The van der Waals surface area contributed by atoms with Gasteiger partial charge in [-0.05, 0) is 62.7 Å². The monoisotopic (exact) mass is 442 g/mol. The molecule has 9 heteroatoms. The number of amides is 1. The zero-order valence-corrected chi connectivity index (χ0v) is 18.2. The van der Waals surface area contributed by atoms with Gasteiger partial charge in [0, 0.05) is 5.69 Å². The third-order valence-electron chi connectivity index (χ3n) is 3.98. The fourth-order valence-electron chi connectivity index (χ4n) is 2.80. The van der Waals surface area contributed by atoms with Gasteiger partial charge in [0.2, 0.25) is 15.9 Å². The number of hydrogen-bond donors (Lipinski definition) is 1. The maximum atomic E-state index is 13.5. The lowest BCUT2D eigenvalue weighted by atomic mass is 10.1. The summed E-state index contributed by atoms with van der Waals surface area (Å²) in [4.78, 5) is 12.9. The molecule has 158 valence electrons. The van der Waals surface area contributed by atoms with Crippen LogP contribution in [-0.2, 0) is 14.8 Å². The van der Waals surface area contributed by atoms with Gasteiger partial charge in [0.25, 0.3) is 0 Å². The molecule has 29 heavy (non-hydrogen) atoms. The van der Waals surface area contributed by atoms with E-state index in [0.717, 1.165) is 16.6 Å². The highest BCUT2D eigenvalue weighted by molar-refractivity contribution is 7.92. The Bertz CT molecular complexity index is 965. The van der Waals surface area contributed by atoms with Gasteiger partial charge in [-0.2, -0.15) is 0 Å². The number of carbonyl (C=O) groups is 1. The van der Waals surface area contributed by atoms with Gasteiger partial charge in [0.05, 0.1) is 23.1 Å². The van der Waals surface area contributed by atoms with Gasteiger partial charge in [-0.3, -0.25) is 9.10 Å². The fraction of sp³-hybridized carbons (Fsp3) is 0.350. The van der Waals surface area contributed by atoms with Crippen molar-refractivity contribution >= 4 is 38.9 Å². The van der Waals surface area contributed by atoms with E-state index < -0.39 is 27.8 Å². The maximum absolute atomic E-state index is 13.5. The average molecular weight is 443 g/mol. The van der Waals surface area contributed by atoms with Crippen molar-refractivity contribution < 1.29 is 22.3 Å². The number of halogens is 2. The zero-order valence-electron chi connectivity index (χ0n) is 16.6. The first-order chi connectivity index (χ1) is 13.5. The van der Waals surface area contributed by atoms with Crippen molar-refractivity contribution in [1.29, 1.82) is 0 Å². The minimum atomic E-state index is -3.84. The molecular formula is C20H24ClFN2O4S. The molecule has 6 nitrogen and oxygen atoms in total. The van der Waals surface area contributed by atoms with Crippen LogP contribution in [0.25, 0.3) is 0 Å². The normalized spacial score (nSPS) is 12.5. The number of anilines is 2. The Morgan fingerprint density at radius 3 is 2.31 bits per heavy atom. The van der Waals surface area contributed by atoms with Crippen LogP contribution >= 0.6 is 11.6 Å². The lowest BCUT2D eigenvalue weighted by Crippen LogP contribution is -2.47. The quantitative estimate of drug-likeness (QED) is 0.655. The van der Waals surface area contributed by atoms with Gasteiger partial charge in [0.1, 0.15) is 17.6 Å². The number of nitrogens with zero attached hydrogens (tertiary/aromatic N) is 1. The minimum absolute atomic E-state index is 0.0192. The van der Waals surface area contributed by atoms with Crippen LogP contribution in [0.2, 0.25) is 5.02 Å². The van der Waals surface area contributed by atoms with E-state index in [2.05, 4.69) is 5.32 Å². The van der Waals surface area contributed by atoms with Crippen LogP contribution in [-0.4, -0.2) is 32.7 Å². The Kier molecular flexibility index (Phi) is 7.48. The Balaban J connectivity index is 2.29. The molecule has 0 radical (unpaired) electrons. The molecule has 0 saturated carbocycles. The summed E-state index contributed by atoms with van der Waals surface area (Å²) in [5, 5.41) is 2.48. The van der Waals surface area contributed by atoms with Gasteiger partial charge < -0.3 is 10.1 Å². The molecule has 0 aliphatic carbocycles.